The highest BCUT2D eigenvalue weighted by Crippen LogP contribution is 2.26. The van der Waals surface area contributed by atoms with Crippen molar-refractivity contribution in [2.75, 3.05) is 0 Å². The van der Waals surface area contributed by atoms with Gasteiger partial charge in [0.25, 0.3) is 0 Å². The van der Waals surface area contributed by atoms with Crippen molar-refractivity contribution in [2.45, 2.75) is 13.3 Å². The average Bonchev–Trinajstić information content (AvgIpc) is 1.98. The van der Waals surface area contributed by atoms with Crippen molar-refractivity contribution in [3.63, 3.8) is 0 Å². The molecule has 0 bridgehead atoms. The molecule has 0 spiro atoms. The van der Waals surface area contributed by atoms with Gasteiger partial charge in [0.2, 0.25) is 0 Å². The lowest BCUT2D eigenvalue weighted by Crippen LogP contribution is -1.97. The van der Waals surface area contributed by atoms with Gasteiger partial charge in [0.15, 0.2) is 0 Å². The Hall–Kier alpha value is -0.410. The molecule has 0 atom stereocenters. The Balaban J connectivity index is 3.06. The first-order chi connectivity index (χ1) is 6.00. The van der Waals surface area contributed by atoms with Crippen LogP contribution in [0.1, 0.15) is 12.5 Å². The summed E-state index contributed by atoms with van der Waals surface area (Å²) in [5.41, 5.74) is 0.596. The van der Waals surface area contributed by atoms with Crippen molar-refractivity contribution in [2.24, 2.45) is 0 Å². The summed E-state index contributed by atoms with van der Waals surface area (Å²) in [5.74, 6) is -0.457. The van der Waals surface area contributed by atoms with E-state index < -0.39 is 5.82 Å². The van der Waals surface area contributed by atoms with E-state index in [1.807, 2.05) is 0 Å². The molecule has 0 aromatic heterocycles. The maximum atomic E-state index is 13.0. The van der Waals surface area contributed by atoms with Crippen molar-refractivity contribution < 1.29 is 9.18 Å². The molecule has 0 saturated heterocycles. The lowest BCUT2D eigenvalue weighted by molar-refractivity contribution is -0.116. The van der Waals surface area contributed by atoms with Gasteiger partial charge in [-0.15, -0.1) is 0 Å². The Morgan fingerprint density at radius 3 is 2.69 bits per heavy atom. The van der Waals surface area contributed by atoms with Gasteiger partial charge < -0.3 is 0 Å². The zero-order valence-electron chi connectivity index (χ0n) is 6.90. The molecule has 0 N–H and O–H groups in total. The number of hydrogen-bond donors (Lipinski definition) is 0. The molecule has 0 aliphatic heterocycles. The zero-order chi connectivity index (χ0) is 10.0. The molecule has 0 aliphatic rings. The second-order valence-electron chi connectivity index (χ2n) is 2.75. The summed E-state index contributed by atoms with van der Waals surface area (Å²) in [5, 5.41) is 0.288. The topological polar surface area (TPSA) is 17.1 Å². The highest BCUT2D eigenvalue weighted by atomic mass is 79.9. The third-order valence-electron chi connectivity index (χ3n) is 1.50. The van der Waals surface area contributed by atoms with E-state index >= 15 is 0 Å². The van der Waals surface area contributed by atoms with Crippen LogP contribution in [0.4, 0.5) is 4.39 Å². The first-order valence-electron chi connectivity index (χ1n) is 3.63. The van der Waals surface area contributed by atoms with Crippen LogP contribution in [0, 0.1) is 5.82 Å². The summed E-state index contributed by atoms with van der Waals surface area (Å²) in [6, 6.07) is 2.88. The molecule has 4 heteroatoms. The molecule has 0 saturated carbocycles. The quantitative estimate of drug-likeness (QED) is 0.749. The lowest BCUT2D eigenvalue weighted by Gasteiger charge is -2.02. The van der Waals surface area contributed by atoms with Gasteiger partial charge >= 0.3 is 0 Å². The Bertz CT molecular complexity index is 328. The Kier molecular flexibility index (Phi) is 3.45. The molecule has 1 nitrogen and oxygen atoms in total. The molecular formula is C9H7BrClFO. The van der Waals surface area contributed by atoms with E-state index in [0.29, 0.717) is 5.56 Å². The standard InChI is InChI=1S/C9H7BrClFO/c1-5(13)2-6-3-7(11)9(10)8(12)4-6/h3-4H,2H2,1H3. The monoisotopic (exact) mass is 264 g/mol. The van der Waals surface area contributed by atoms with Crippen LogP contribution in [-0.2, 0) is 11.2 Å². The van der Waals surface area contributed by atoms with Gasteiger partial charge in [-0.1, -0.05) is 11.6 Å². The normalized spacial score (nSPS) is 10.2. The highest BCUT2D eigenvalue weighted by Gasteiger charge is 2.07. The second kappa shape index (κ2) is 4.20. The van der Waals surface area contributed by atoms with E-state index in [2.05, 4.69) is 15.9 Å². The number of carbonyl (C=O) groups excluding carboxylic acids is 1. The molecule has 0 radical (unpaired) electrons. The van der Waals surface area contributed by atoms with E-state index in [4.69, 9.17) is 11.6 Å². The fraction of sp³-hybridized carbons (Fsp3) is 0.222. The minimum Gasteiger partial charge on any atom is -0.300 e. The lowest BCUT2D eigenvalue weighted by atomic mass is 10.1. The van der Waals surface area contributed by atoms with Gasteiger partial charge in [-0.3, -0.25) is 4.79 Å². The number of benzene rings is 1. The Morgan fingerprint density at radius 2 is 2.23 bits per heavy atom. The highest BCUT2D eigenvalue weighted by molar-refractivity contribution is 9.10. The molecule has 1 aromatic rings. The summed E-state index contributed by atoms with van der Waals surface area (Å²) in [7, 11) is 0. The predicted molar refractivity (Wildman–Crippen MR) is 53.5 cm³/mol. The van der Waals surface area contributed by atoms with Crippen LogP contribution in [0.5, 0.6) is 0 Å². The van der Waals surface area contributed by atoms with Gasteiger partial charge in [0.1, 0.15) is 11.6 Å². The van der Waals surface area contributed by atoms with Crippen LogP contribution in [0.2, 0.25) is 5.02 Å². The van der Waals surface area contributed by atoms with E-state index in [1.54, 1.807) is 6.07 Å². The predicted octanol–water partition coefficient (Wildman–Crippen LogP) is 3.37. The van der Waals surface area contributed by atoms with Gasteiger partial charge in [-0.2, -0.15) is 0 Å². The summed E-state index contributed by atoms with van der Waals surface area (Å²) >= 11 is 8.69. The Morgan fingerprint density at radius 1 is 1.62 bits per heavy atom. The molecule has 0 amide bonds. The van der Waals surface area contributed by atoms with Crippen LogP contribution >= 0.6 is 27.5 Å². The number of halogens is 3. The molecule has 1 rings (SSSR count). The van der Waals surface area contributed by atoms with Gasteiger partial charge in [-0.25, -0.2) is 4.39 Å². The van der Waals surface area contributed by atoms with Crippen molar-refractivity contribution >= 4 is 33.3 Å². The van der Waals surface area contributed by atoms with E-state index in [1.165, 1.54) is 13.0 Å². The van der Waals surface area contributed by atoms with Crippen molar-refractivity contribution in [3.8, 4) is 0 Å². The minimum absolute atomic E-state index is 0.0159. The van der Waals surface area contributed by atoms with Crippen LogP contribution in [0.3, 0.4) is 0 Å². The molecular weight excluding hydrogens is 258 g/mol. The SMILES string of the molecule is CC(=O)Cc1cc(F)c(Br)c(Cl)c1. The first-order valence-corrected chi connectivity index (χ1v) is 4.80. The number of ketones is 1. The zero-order valence-corrected chi connectivity index (χ0v) is 9.25. The molecule has 0 fully saturated rings. The summed E-state index contributed by atoms with van der Waals surface area (Å²) < 4.78 is 13.3. The number of hydrogen-bond acceptors (Lipinski definition) is 1. The van der Waals surface area contributed by atoms with Gasteiger partial charge in [-0.05, 0) is 40.5 Å². The first kappa shape index (κ1) is 10.7. The number of carbonyl (C=O) groups is 1. The molecule has 13 heavy (non-hydrogen) atoms. The van der Waals surface area contributed by atoms with Crippen molar-refractivity contribution in [3.05, 3.63) is 33.0 Å². The molecule has 0 aliphatic carbocycles. The van der Waals surface area contributed by atoms with Crippen LogP contribution in [-0.4, -0.2) is 5.78 Å². The van der Waals surface area contributed by atoms with E-state index in [9.17, 15) is 9.18 Å². The minimum atomic E-state index is -0.441. The number of Topliss-reactive ketones (excluding diaryl/α,β-unsaturated/α-hetero) is 1. The van der Waals surface area contributed by atoms with Crippen LogP contribution < -0.4 is 0 Å². The molecule has 0 unspecified atom stereocenters. The van der Waals surface area contributed by atoms with E-state index in [-0.39, 0.29) is 21.7 Å². The Labute approximate surface area is 89.0 Å². The maximum Gasteiger partial charge on any atom is 0.139 e. The average molecular weight is 266 g/mol. The van der Waals surface area contributed by atoms with Crippen molar-refractivity contribution in [1.82, 2.24) is 0 Å². The fourth-order valence-electron chi connectivity index (χ4n) is 0.998. The van der Waals surface area contributed by atoms with Crippen molar-refractivity contribution in [1.29, 1.82) is 0 Å². The van der Waals surface area contributed by atoms with Gasteiger partial charge in [0, 0.05) is 6.42 Å². The second-order valence-corrected chi connectivity index (χ2v) is 3.95. The molecule has 1 aromatic carbocycles. The third kappa shape index (κ3) is 2.78. The maximum absolute atomic E-state index is 13.0. The molecule has 0 heterocycles. The van der Waals surface area contributed by atoms with E-state index in [0.717, 1.165) is 0 Å². The fourth-order valence-corrected chi connectivity index (χ4v) is 1.46. The summed E-state index contributed by atoms with van der Waals surface area (Å²) in [6.45, 7) is 1.45. The summed E-state index contributed by atoms with van der Waals surface area (Å²) in [6.07, 6.45) is 0.212. The number of rotatable bonds is 2. The summed E-state index contributed by atoms with van der Waals surface area (Å²) in [4.78, 5) is 10.7. The molecule has 70 valence electrons. The third-order valence-corrected chi connectivity index (χ3v) is 2.83. The van der Waals surface area contributed by atoms with Gasteiger partial charge in [0.05, 0.1) is 9.50 Å². The van der Waals surface area contributed by atoms with Crippen LogP contribution in [0.25, 0.3) is 0 Å². The largest absolute Gasteiger partial charge is 0.300 e. The van der Waals surface area contributed by atoms with Crippen LogP contribution in [0.15, 0.2) is 16.6 Å². The smallest absolute Gasteiger partial charge is 0.139 e.